The summed E-state index contributed by atoms with van der Waals surface area (Å²) in [5.74, 6) is -0.620. The number of halogens is 1. The van der Waals surface area contributed by atoms with Crippen LogP contribution in [0.1, 0.15) is 17.3 Å². The van der Waals surface area contributed by atoms with Gasteiger partial charge in [-0.15, -0.1) is 0 Å². The smallest absolute Gasteiger partial charge is 0.300 e. The second-order valence-electron chi connectivity index (χ2n) is 4.00. The predicted octanol–water partition coefficient (Wildman–Crippen LogP) is 1.99. The van der Waals surface area contributed by atoms with Crippen molar-refractivity contribution in [3.05, 3.63) is 38.9 Å². The first-order valence-electron chi connectivity index (χ1n) is 5.71. The monoisotopic (exact) mass is 302 g/mol. The van der Waals surface area contributed by atoms with Crippen molar-refractivity contribution in [2.45, 2.75) is 19.3 Å². The molecule has 0 aliphatic carbocycles. The number of rotatable bonds is 6. The zero-order chi connectivity index (χ0) is 15.3. The van der Waals surface area contributed by atoms with E-state index in [4.69, 9.17) is 21.1 Å². The first-order chi connectivity index (χ1) is 9.42. The Hall–Kier alpha value is -1.70. The minimum Gasteiger partial charge on any atom is -0.354 e. The molecule has 1 aromatic rings. The fourth-order valence-corrected chi connectivity index (χ4v) is 1.98. The number of amides is 1. The van der Waals surface area contributed by atoms with E-state index < -0.39 is 28.8 Å². The van der Waals surface area contributed by atoms with E-state index in [1.165, 1.54) is 32.4 Å². The highest BCUT2D eigenvalue weighted by atomic mass is 35.5. The summed E-state index contributed by atoms with van der Waals surface area (Å²) in [5, 5.41) is 13.4. The summed E-state index contributed by atoms with van der Waals surface area (Å²) in [4.78, 5) is 22.4. The molecule has 0 heterocycles. The van der Waals surface area contributed by atoms with E-state index in [1.54, 1.807) is 6.92 Å². The summed E-state index contributed by atoms with van der Waals surface area (Å²) in [6.07, 6.45) is -0.655. The summed E-state index contributed by atoms with van der Waals surface area (Å²) >= 11 is 5.75. The third-order valence-corrected chi connectivity index (χ3v) is 2.95. The van der Waals surface area contributed by atoms with E-state index in [0.717, 1.165) is 0 Å². The molecule has 8 heteroatoms. The topological polar surface area (TPSA) is 90.7 Å². The number of carbonyl (C=O) groups is 1. The number of benzene rings is 1. The van der Waals surface area contributed by atoms with Crippen molar-refractivity contribution in [1.82, 2.24) is 5.32 Å². The van der Waals surface area contributed by atoms with Crippen LogP contribution in [-0.2, 0) is 9.47 Å². The average Bonchev–Trinajstić information content (AvgIpc) is 2.39. The maximum absolute atomic E-state index is 12.1. The van der Waals surface area contributed by atoms with Gasteiger partial charge in [0, 0.05) is 14.2 Å². The Balaban J connectivity index is 2.99. The van der Waals surface area contributed by atoms with Crippen LogP contribution < -0.4 is 5.32 Å². The summed E-state index contributed by atoms with van der Waals surface area (Å²) in [7, 11) is 2.86. The number of para-hydroxylation sites is 1. The molecule has 0 spiro atoms. The molecule has 7 nitrogen and oxygen atoms in total. The average molecular weight is 303 g/mol. The number of ether oxygens (including phenoxy) is 2. The lowest BCUT2D eigenvalue weighted by Gasteiger charge is -2.22. The number of carbonyl (C=O) groups excluding carboxylic acids is 1. The van der Waals surface area contributed by atoms with Gasteiger partial charge in [0.1, 0.15) is 10.6 Å². The van der Waals surface area contributed by atoms with Gasteiger partial charge in [0.2, 0.25) is 0 Å². The number of nitrogens with one attached hydrogen (secondary N) is 1. The molecule has 0 aromatic heterocycles. The van der Waals surface area contributed by atoms with Crippen LogP contribution in [0.5, 0.6) is 0 Å². The molecule has 1 unspecified atom stereocenters. The fourth-order valence-electron chi connectivity index (χ4n) is 1.74. The van der Waals surface area contributed by atoms with Crippen molar-refractivity contribution < 1.29 is 19.2 Å². The molecular formula is C12H15ClN2O5. The number of hydrogen-bond acceptors (Lipinski definition) is 5. The van der Waals surface area contributed by atoms with E-state index in [-0.39, 0.29) is 10.6 Å². The Labute approximate surface area is 121 Å². The highest BCUT2D eigenvalue weighted by Gasteiger charge is 2.26. The lowest BCUT2D eigenvalue weighted by atomic mass is 10.1. The van der Waals surface area contributed by atoms with Gasteiger partial charge in [0.25, 0.3) is 5.91 Å². The van der Waals surface area contributed by atoms with E-state index in [9.17, 15) is 14.9 Å². The second-order valence-corrected chi connectivity index (χ2v) is 4.40. The molecule has 1 aromatic carbocycles. The van der Waals surface area contributed by atoms with Gasteiger partial charge in [0.05, 0.1) is 11.0 Å². The third-order valence-electron chi connectivity index (χ3n) is 2.65. The molecule has 0 aliphatic rings. The fraction of sp³-hybridized carbons (Fsp3) is 0.417. The number of methoxy groups -OCH3 is 2. The van der Waals surface area contributed by atoms with Gasteiger partial charge in [-0.3, -0.25) is 14.9 Å². The molecule has 0 saturated heterocycles. The Morgan fingerprint density at radius 2 is 2.00 bits per heavy atom. The molecule has 20 heavy (non-hydrogen) atoms. The van der Waals surface area contributed by atoms with Gasteiger partial charge in [-0.25, -0.2) is 0 Å². The van der Waals surface area contributed by atoms with Gasteiger partial charge in [-0.05, 0) is 19.1 Å². The second kappa shape index (κ2) is 7.18. The van der Waals surface area contributed by atoms with E-state index >= 15 is 0 Å². The van der Waals surface area contributed by atoms with Gasteiger partial charge in [-0.1, -0.05) is 17.7 Å². The number of nitro groups is 1. The lowest BCUT2D eigenvalue weighted by Crippen LogP contribution is -2.43. The maximum atomic E-state index is 12.1. The molecule has 0 fully saturated rings. The normalized spacial score (nSPS) is 12.2. The number of nitrogens with zero attached hydrogens (tertiary/aromatic N) is 1. The highest BCUT2D eigenvalue weighted by molar-refractivity contribution is 6.33. The highest BCUT2D eigenvalue weighted by Crippen LogP contribution is 2.28. The van der Waals surface area contributed by atoms with E-state index in [1.807, 2.05) is 0 Å². The molecule has 0 aliphatic heterocycles. The van der Waals surface area contributed by atoms with Crippen LogP contribution in [0.3, 0.4) is 0 Å². The molecule has 1 rings (SSSR count). The zero-order valence-corrected chi connectivity index (χ0v) is 12.0. The maximum Gasteiger partial charge on any atom is 0.300 e. The Kier molecular flexibility index (Phi) is 5.87. The SMILES string of the molecule is COC(OC)C(C)NC(=O)c1cccc(Cl)c1[N+](=O)[O-]. The Bertz CT molecular complexity index is 505. The molecule has 1 N–H and O–H groups in total. The van der Waals surface area contributed by atoms with E-state index in [2.05, 4.69) is 5.32 Å². The summed E-state index contributed by atoms with van der Waals surface area (Å²) in [5.41, 5.74) is -0.537. The number of nitro benzene ring substituents is 1. The molecule has 0 saturated carbocycles. The standard InChI is InChI=1S/C12H15ClN2O5/c1-7(12(19-2)20-3)14-11(16)8-5-4-6-9(13)10(8)15(17)18/h4-7,12H,1-3H3,(H,14,16). The van der Waals surface area contributed by atoms with Crippen molar-refractivity contribution >= 4 is 23.2 Å². The van der Waals surface area contributed by atoms with Crippen molar-refractivity contribution in [2.24, 2.45) is 0 Å². The molecule has 0 bridgehead atoms. The van der Waals surface area contributed by atoms with Crippen LogP contribution in [0, 0.1) is 10.1 Å². The van der Waals surface area contributed by atoms with Gasteiger partial charge < -0.3 is 14.8 Å². The van der Waals surface area contributed by atoms with E-state index in [0.29, 0.717) is 0 Å². The van der Waals surface area contributed by atoms with Crippen LogP contribution in [0.15, 0.2) is 18.2 Å². The summed E-state index contributed by atoms with van der Waals surface area (Å²) in [6.45, 7) is 1.66. The van der Waals surface area contributed by atoms with Crippen molar-refractivity contribution in [3.63, 3.8) is 0 Å². The summed E-state index contributed by atoms with van der Waals surface area (Å²) in [6, 6.07) is 3.67. The first kappa shape index (κ1) is 16.4. The molecule has 1 atom stereocenters. The largest absolute Gasteiger partial charge is 0.354 e. The Morgan fingerprint density at radius 3 is 2.50 bits per heavy atom. The molecule has 1 amide bonds. The Morgan fingerprint density at radius 1 is 1.40 bits per heavy atom. The minimum absolute atomic E-state index is 0.0923. The van der Waals surface area contributed by atoms with Crippen molar-refractivity contribution in [1.29, 1.82) is 0 Å². The molecule has 110 valence electrons. The van der Waals surface area contributed by atoms with Crippen molar-refractivity contribution in [3.8, 4) is 0 Å². The van der Waals surface area contributed by atoms with Crippen LogP contribution in [0.4, 0.5) is 5.69 Å². The lowest BCUT2D eigenvalue weighted by molar-refractivity contribution is -0.385. The quantitative estimate of drug-likeness (QED) is 0.493. The minimum atomic E-state index is -0.688. The van der Waals surface area contributed by atoms with Gasteiger partial charge in [-0.2, -0.15) is 0 Å². The first-order valence-corrected chi connectivity index (χ1v) is 6.09. The van der Waals surface area contributed by atoms with Crippen molar-refractivity contribution in [2.75, 3.05) is 14.2 Å². The van der Waals surface area contributed by atoms with Gasteiger partial charge >= 0.3 is 5.69 Å². The number of hydrogen-bond donors (Lipinski definition) is 1. The van der Waals surface area contributed by atoms with Crippen LogP contribution in [-0.4, -0.2) is 37.4 Å². The van der Waals surface area contributed by atoms with Crippen LogP contribution >= 0.6 is 11.6 Å². The van der Waals surface area contributed by atoms with Crippen LogP contribution in [0.2, 0.25) is 5.02 Å². The zero-order valence-electron chi connectivity index (χ0n) is 11.3. The van der Waals surface area contributed by atoms with Crippen LogP contribution in [0.25, 0.3) is 0 Å². The van der Waals surface area contributed by atoms with Gasteiger partial charge in [0.15, 0.2) is 6.29 Å². The molecule has 0 radical (unpaired) electrons. The predicted molar refractivity (Wildman–Crippen MR) is 72.8 cm³/mol. The third kappa shape index (κ3) is 3.66. The molecular weight excluding hydrogens is 288 g/mol. The summed E-state index contributed by atoms with van der Waals surface area (Å²) < 4.78 is 10.0.